The Balaban J connectivity index is 1.51. The summed E-state index contributed by atoms with van der Waals surface area (Å²) >= 11 is 0. The van der Waals surface area contributed by atoms with Crippen LogP contribution in [-0.4, -0.2) is 30.9 Å². The van der Waals surface area contributed by atoms with Crippen LogP contribution in [0.25, 0.3) is 0 Å². The largest absolute Gasteiger partial charge is 0.586 e. The molecule has 9 heteroatoms. The van der Waals surface area contributed by atoms with Crippen LogP contribution in [-0.2, 0) is 9.53 Å². The van der Waals surface area contributed by atoms with E-state index in [1.165, 1.54) is 30.3 Å². The summed E-state index contributed by atoms with van der Waals surface area (Å²) in [6, 6.07) is 10.1. The van der Waals surface area contributed by atoms with Crippen LogP contribution >= 0.6 is 0 Å². The van der Waals surface area contributed by atoms with Crippen LogP contribution in [0.3, 0.4) is 0 Å². The van der Waals surface area contributed by atoms with Crippen molar-refractivity contribution in [2.45, 2.75) is 26.2 Å². The number of amides is 1. The molecule has 1 N–H and O–H groups in total. The number of halogens is 2. The van der Waals surface area contributed by atoms with Crippen molar-refractivity contribution in [1.82, 2.24) is 0 Å². The molecule has 0 saturated carbocycles. The molecule has 2 aromatic rings. The number of hydrogen-bond acceptors (Lipinski definition) is 6. The van der Waals surface area contributed by atoms with Crippen molar-refractivity contribution < 1.29 is 37.3 Å². The Morgan fingerprint density at radius 2 is 1.75 bits per heavy atom. The molecule has 1 aliphatic heterocycles. The van der Waals surface area contributed by atoms with Gasteiger partial charge < -0.3 is 24.3 Å². The topological polar surface area (TPSA) is 83.1 Å². The van der Waals surface area contributed by atoms with Crippen LogP contribution in [0.4, 0.5) is 14.5 Å². The highest BCUT2D eigenvalue weighted by Gasteiger charge is 2.43. The van der Waals surface area contributed by atoms with Gasteiger partial charge in [-0.15, -0.1) is 8.78 Å². The van der Waals surface area contributed by atoms with Crippen molar-refractivity contribution in [3.8, 4) is 17.2 Å². The lowest BCUT2D eigenvalue weighted by atomic mass is 10.2. The minimum atomic E-state index is -3.74. The standard InChI is InChI=1S/C19H17F2NO6/c1-11(2)26-14-6-3-12(4-7-14)18(24)25-10-17(23)22-13-5-8-15-16(9-13)28-19(20,21)27-15/h3-9,11H,10H2,1-2H3,(H,22,23). The number of rotatable bonds is 6. The minimum absolute atomic E-state index is 0.00362. The molecule has 0 aliphatic carbocycles. The van der Waals surface area contributed by atoms with Crippen molar-refractivity contribution in [3.05, 3.63) is 48.0 Å². The first-order valence-electron chi connectivity index (χ1n) is 8.35. The van der Waals surface area contributed by atoms with Gasteiger partial charge in [-0.05, 0) is 50.2 Å². The van der Waals surface area contributed by atoms with Gasteiger partial charge in [0.2, 0.25) is 0 Å². The highest BCUT2D eigenvalue weighted by Crippen LogP contribution is 2.42. The second-order valence-electron chi connectivity index (χ2n) is 6.14. The SMILES string of the molecule is CC(C)Oc1ccc(C(=O)OCC(=O)Nc2ccc3c(c2)OC(F)(F)O3)cc1. The summed E-state index contributed by atoms with van der Waals surface area (Å²) in [6.07, 6.45) is -3.74. The maximum atomic E-state index is 13.0. The second-order valence-corrected chi connectivity index (χ2v) is 6.14. The van der Waals surface area contributed by atoms with Gasteiger partial charge in [-0.1, -0.05) is 0 Å². The molecule has 0 bridgehead atoms. The van der Waals surface area contributed by atoms with Gasteiger partial charge in [0.25, 0.3) is 5.91 Å². The third-order valence-electron chi connectivity index (χ3n) is 3.48. The van der Waals surface area contributed by atoms with E-state index in [2.05, 4.69) is 14.8 Å². The summed E-state index contributed by atoms with van der Waals surface area (Å²) in [5.41, 5.74) is 0.450. The average molecular weight is 393 g/mol. The van der Waals surface area contributed by atoms with Gasteiger partial charge in [0, 0.05) is 11.8 Å². The van der Waals surface area contributed by atoms with E-state index in [-0.39, 0.29) is 28.9 Å². The zero-order chi connectivity index (χ0) is 20.3. The predicted molar refractivity (Wildman–Crippen MR) is 93.8 cm³/mol. The fraction of sp³-hybridized carbons (Fsp3) is 0.263. The number of nitrogens with one attached hydrogen (secondary N) is 1. The molecule has 0 spiro atoms. The van der Waals surface area contributed by atoms with Crippen molar-refractivity contribution in [1.29, 1.82) is 0 Å². The van der Waals surface area contributed by atoms with Crippen LogP contribution in [0, 0.1) is 0 Å². The Hall–Kier alpha value is -3.36. The normalized spacial score (nSPS) is 13.9. The zero-order valence-electron chi connectivity index (χ0n) is 15.0. The molecule has 28 heavy (non-hydrogen) atoms. The summed E-state index contributed by atoms with van der Waals surface area (Å²) in [4.78, 5) is 23.9. The molecule has 0 fully saturated rings. The van der Waals surface area contributed by atoms with Crippen molar-refractivity contribution in [2.24, 2.45) is 0 Å². The molecule has 0 radical (unpaired) electrons. The molecular formula is C19H17F2NO6. The number of carbonyl (C=O) groups excluding carboxylic acids is 2. The average Bonchev–Trinajstić information content (AvgIpc) is 2.93. The minimum Gasteiger partial charge on any atom is -0.491 e. The lowest BCUT2D eigenvalue weighted by Crippen LogP contribution is -2.25. The van der Waals surface area contributed by atoms with Gasteiger partial charge in [-0.25, -0.2) is 4.79 Å². The van der Waals surface area contributed by atoms with Crippen LogP contribution in [0.5, 0.6) is 17.2 Å². The highest BCUT2D eigenvalue weighted by atomic mass is 19.3. The molecule has 3 rings (SSSR count). The first kappa shape index (κ1) is 19.4. The van der Waals surface area contributed by atoms with Crippen molar-refractivity contribution in [3.63, 3.8) is 0 Å². The number of hydrogen-bond donors (Lipinski definition) is 1. The molecule has 7 nitrogen and oxygen atoms in total. The monoisotopic (exact) mass is 393 g/mol. The summed E-state index contributed by atoms with van der Waals surface area (Å²) in [7, 11) is 0. The van der Waals surface area contributed by atoms with E-state index in [0.29, 0.717) is 5.75 Å². The van der Waals surface area contributed by atoms with Gasteiger partial charge in [-0.2, -0.15) is 0 Å². The Morgan fingerprint density at radius 3 is 2.43 bits per heavy atom. The third kappa shape index (κ3) is 4.87. The number of fused-ring (bicyclic) bond motifs is 1. The van der Waals surface area contributed by atoms with Gasteiger partial charge in [0.05, 0.1) is 11.7 Å². The summed E-state index contributed by atoms with van der Waals surface area (Å²) in [5, 5.41) is 2.42. The number of ether oxygens (including phenoxy) is 4. The number of carbonyl (C=O) groups is 2. The molecule has 148 valence electrons. The number of benzene rings is 2. The fourth-order valence-corrected chi connectivity index (χ4v) is 2.38. The summed E-state index contributed by atoms with van der Waals surface area (Å²) < 4.78 is 45.0. The van der Waals surface area contributed by atoms with E-state index in [9.17, 15) is 18.4 Å². The highest BCUT2D eigenvalue weighted by molar-refractivity contribution is 5.95. The van der Waals surface area contributed by atoms with Crippen LogP contribution in [0.1, 0.15) is 24.2 Å². The van der Waals surface area contributed by atoms with E-state index in [1.54, 1.807) is 12.1 Å². The summed E-state index contributed by atoms with van der Waals surface area (Å²) in [5.74, 6) is -1.06. The first-order valence-corrected chi connectivity index (χ1v) is 8.35. The van der Waals surface area contributed by atoms with E-state index in [0.717, 1.165) is 0 Å². The molecule has 0 unspecified atom stereocenters. The van der Waals surface area contributed by atoms with Gasteiger partial charge in [0.15, 0.2) is 18.1 Å². The van der Waals surface area contributed by atoms with E-state index < -0.39 is 24.8 Å². The van der Waals surface area contributed by atoms with Crippen molar-refractivity contribution >= 4 is 17.6 Å². The number of alkyl halides is 2. The maximum absolute atomic E-state index is 13.0. The number of esters is 1. The van der Waals surface area contributed by atoms with E-state index in [4.69, 9.17) is 9.47 Å². The fourth-order valence-electron chi connectivity index (χ4n) is 2.38. The first-order chi connectivity index (χ1) is 13.2. The van der Waals surface area contributed by atoms with E-state index in [1.807, 2.05) is 13.8 Å². The smallest absolute Gasteiger partial charge is 0.491 e. The lowest BCUT2D eigenvalue weighted by molar-refractivity contribution is -0.286. The Morgan fingerprint density at radius 1 is 1.07 bits per heavy atom. The molecular weight excluding hydrogens is 376 g/mol. The third-order valence-corrected chi connectivity index (χ3v) is 3.48. The molecule has 1 amide bonds. The molecule has 0 aromatic heterocycles. The Labute approximate surface area is 159 Å². The van der Waals surface area contributed by atoms with Gasteiger partial charge in [-0.3, -0.25) is 4.79 Å². The van der Waals surface area contributed by atoms with Gasteiger partial charge in [0.1, 0.15) is 5.75 Å². The van der Waals surface area contributed by atoms with Crippen LogP contribution in [0.15, 0.2) is 42.5 Å². The molecule has 0 atom stereocenters. The maximum Gasteiger partial charge on any atom is 0.586 e. The van der Waals surface area contributed by atoms with Crippen LogP contribution in [0.2, 0.25) is 0 Å². The predicted octanol–water partition coefficient (Wildman–Crippen LogP) is 3.59. The lowest BCUT2D eigenvalue weighted by Gasteiger charge is -2.10. The Kier molecular flexibility index (Phi) is 5.34. The molecule has 1 heterocycles. The Bertz CT molecular complexity index is 882. The van der Waals surface area contributed by atoms with Crippen LogP contribution < -0.4 is 19.5 Å². The van der Waals surface area contributed by atoms with Crippen molar-refractivity contribution in [2.75, 3.05) is 11.9 Å². The number of anilines is 1. The molecule has 2 aromatic carbocycles. The quantitative estimate of drug-likeness (QED) is 0.756. The second kappa shape index (κ2) is 7.71. The molecule has 0 saturated heterocycles. The van der Waals surface area contributed by atoms with E-state index >= 15 is 0 Å². The van der Waals surface area contributed by atoms with Gasteiger partial charge >= 0.3 is 12.3 Å². The zero-order valence-corrected chi connectivity index (χ0v) is 15.0. The summed E-state index contributed by atoms with van der Waals surface area (Å²) in [6.45, 7) is 3.21. The molecule has 1 aliphatic rings.